The van der Waals surface area contributed by atoms with Crippen molar-refractivity contribution < 1.29 is 17.7 Å². The minimum atomic E-state index is 0.581. The van der Waals surface area contributed by atoms with Gasteiger partial charge in [0.1, 0.15) is 44.7 Å². The first-order valence-electron chi connectivity index (χ1n) is 39.3. The van der Waals surface area contributed by atoms with E-state index in [1.54, 1.807) is 12.4 Å². The van der Waals surface area contributed by atoms with Gasteiger partial charge in [-0.05, 0) is 224 Å². The molecule has 11 nitrogen and oxygen atoms in total. The molecule has 0 aliphatic rings. The average Bonchev–Trinajstić information content (AvgIpc) is 1.65. The van der Waals surface area contributed by atoms with Crippen LogP contribution in [0.25, 0.3) is 245 Å². The van der Waals surface area contributed by atoms with Crippen molar-refractivity contribution in [1.82, 2.24) is 34.9 Å². The van der Waals surface area contributed by atoms with E-state index in [0.717, 1.165) is 233 Å². The molecule has 118 heavy (non-hydrogen) atoms. The van der Waals surface area contributed by atoms with Crippen molar-refractivity contribution in [3.63, 3.8) is 0 Å². The molecule has 550 valence electrons. The lowest BCUT2D eigenvalue weighted by atomic mass is 9.94. The maximum atomic E-state index is 6.34. The number of aromatic nitrogens is 7. The molecule has 0 fully saturated rings. The standard InChI is InChI=1S/C107H63N7O4/c1-5-20-98-86(16-1)90-54-71(36-40-102(90)115-98)78-47-79(72-37-41-103-91(55-72)87-17-2-6-21-99(87)116-103)50-82(49-78)106-111-94(58-96(113-106)75-13-9-12-70(46-75)76-14-10-44-108-60-76)68-32-28-65(29-33-68)64-24-26-66(27-25-64)84-53-85(63-110-62-84)67-30-34-69(35-31-67)95-59-97(77-15-11-45-109-61-77)114-107(112-95)83-51-80(73-38-42-104-92(56-73)88-18-3-7-22-100(88)117-104)48-81(52-83)74-39-43-105-93(57-74)89-19-4-8-23-101(89)118-105/h1-63H. The summed E-state index contributed by atoms with van der Waals surface area (Å²) in [5, 5.41) is 8.47. The van der Waals surface area contributed by atoms with Crippen LogP contribution < -0.4 is 0 Å². The van der Waals surface area contributed by atoms with Crippen LogP contribution >= 0.6 is 0 Å². The summed E-state index contributed by atoms with van der Waals surface area (Å²) >= 11 is 0. The van der Waals surface area contributed by atoms with Gasteiger partial charge in [-0.1, -0.05) is 194 Å². The molecule has 11 heteroatoms. The second kappa shape index (κ2) is 27.9. The topological polar surface area (TPSA) is 143 Å². The van der Waals surface area contributed by atoms with Gasteiger partial charge in [-0.2, -0.15) is 0 Å². The first-order valence-corrected chi connectivity index (χ1v) is 39.3. The number of rotatable bonds is 14. The number of benzene rings is 14. The third kappa shape index (κ3) is 12.3. The van der Waals surface area contributed by atoms with E-state index in [1.165, 1.54) is 0 Å². The molecule has 0 amide bonds. The van der Waals surface area contributed by atoms with Gasteiger partial charge in [0, 0.05) is 130 Å². The third-order valence-electron chi connectivity index (χ3n) is 22.8. The molecule has 23 rings (SSSR count). The molecule has 23 aromatic rings. The molecule has 0 radical (unpaired) electrons. The van der Waals surface area contributed by atoms with Gasteiger partial charge in [-0.3, -0.25) is 15.0 Å². The lowest BCUT2D eigenvalue weighted by Crippen LogP contribution is -1.97. The number of para-hydroxylation sites is 4. The first kappa shape index (κ1) is 67.6. The summed E-state index contributed by atoms with van der Waals surface area (Å²) in [4.78, 5) is 35.6. The maximum absolute atomic E-state index is 6.34. The van der Waals surface area contributed by atoms with Gasteiger partial charge in [0.15, 0.2) is 11.6 Å². The van der Waals surface area contributed by atoms with Crippen molar-refractivity contribution in [2.75, 3.05) is 0 Å². The van der Waals surface area contributed by atoms with E-state index in [1.807, 2.05) is 91.5 Å². The molecule has 0 bridgehead atoms. The lowest BCUT2D eigenvalue weighted by Gasteiger charge is -2.14. The summed E-state index contributed by atoms with van der Waals surface area (Å²) in [5.41, 5.74) is 31.8. The van der Waals surface area contributed by atoms with E-state index < -0.39 is 0 Å². The highest BCUT2D eigenvalue weighted by Crippen LogP contribution is 2.44. The lowest BCUT2D eigenvalue weighted by molar-refractivity contribution is 0.668. The molecule has 0 atom stereocenters. The van der Waals surface area contributed by atoms with Crippen LogP contribution in [0.4, 0.5) is 0 Å². The normalized spacial score (nSPS) is 11.7. The Balaban J connectivity index is 0.564. The Bertz CT molecular complexity index is 7660. The van der Waals surface area contributed by atoms with Crippen LogP contribution in [0.2, 0.25) is 0 Å². The van der Waals surface area contributed by atoms with Crippen LogP contribution in [0, 0.1) is 0 Å². The SMILES string of the molecule is c1cncc(-c2cccc(-c3cc(-c4ccc(-c5ccc(-c6cncc(-c7ccc(-c8cc(-c9cccnc9)nc(-c9cc(-c%10ccc%11oc%12ccccc%12c%11c%10)cc(-c%10ccc%11oc%12ccccc%12c%11c%10)c9)n8)cc7)c6)cc5)cc4)nc(-c4cc(-c5ccc6oc7ccccc7c6c5)cc(-c5ccc6oc7ccccc7c6c5)c4)n3)c2)c1. The van der Waals surface area contributed by atoms with Crippen LogP contribution in [-0.4, -0.2) is 34.9 Å². The number of hydrogen-bond acceptors (Lipinski definition) is 11. The van der Waals surface area contributed by atoms with Crippen molar-refractivity contribution in [3.8, 4) is 157 Å². The number of pyridine rings is 3. The van der Waals surface area contributed by atoms with Crippen LogP contribution in [0.1, 0.15) is 0 Å². The fraction of sp³-hybridized carbons (Fsp3) is 0. The molecule has 14 aromatic carbocycles. The maximum Gasteiger partial charge on any atom is 0.160 e. The van der Waals surface area contributed by atoms with Crippen LogP contribution in [0.5, 0.6) is 0 Å². The second-order valence-corrected chi connectivity index (χ2v) is 30.0. The number of furan rings is 4. The molecule has 0 aliphatic heterocycles. The first-order chi connectivity index (χ1) is 58.3. The van der Waals surface area contributed by atoms with Crippen molar-refractivity contribution in [2.24, 2.45) is 0 Å². The summed E-state index contributed by atoms with van der Waals surface area (Å²) < 4.78 is 25.3. The van der Waals surface area contributed by atoms with E-state index in [2.05, 4.69) is 289 Å². The molecule has 0 saturated carbocycles. The quantitative estimate of drug-likeness (QED) is 0.103. The van der Waals surface area contributed by atoms with E-state index >= 15 is 0 Å². The Morgan fingerprint density at radius 1 is 0.144 bits per heavy atom. The Morgan fingerprint density at radius 2 is 0.407 bits per heavy atom. The zero-order chi connectivity index (χ0) is 77.7. The summed E-state index contributed by atoms with van der Waals surface area (Å²) in [6.07, 6.45) is 11.2. The van der Waals surface area contributed by atoms with Gasteiger partial charge < -0.3 is 17.7 Å². The van der Waals surface area contributed by atoms with Crippen LogP contribution in [-0.2, 0) is 0 Å². The predicted octanol–water partition coefficient (Wildman–Crippen LogP) is 28.4. The van der Waals surface area contributed by atoms with Gasteiger partial charge in [-0.15, -0.1) is 0 Å². The van der Waals surface area contributed by atoms with Crippen molar-refractivity contribution in [2.45, 2.75) is 0 Å². The fourth-order valence-corrected chi connectivity index (χ4v) is 16.7. The van der Waals surface area contributed by atoms with Gasteiger partial charge in [-0.25, -0.2) is 19.9 Å². The molecule has 9 heterocycles. The number of nitrogens with zero attached hydrogens (tertiary/aromatic N) is 7. The highest BCUT2D eigenvalue weighted by molar-refractivity contribution is 6.10. The van der Waals surface area contributed by atoms with Gasteiger partial charge >= 0.3 is 0 Å². The smallest absolute Gasteiger partial charge is 0.160 e. The molecular formula is C107H63N7O4. The van der Waals surface area contributed by atoms with Crippen molar-refractivity contribution in [3.05, 3.63) is 383 Å². The van der Waals surface area contributed by atoms with E-state index in [0.29, 0.717) is 11.6 Å². The second-order valence-electron chi connectivity index (χ2n) is 30.0. The van der Waals surface area contributed by atoms with Crippen molar-refractivity contribution in [1.29, 1.82) is 0 Å². The van der Waals surface area contributed by atoms with Gasteiger partial charge in [0.05, 0.1) is 22.8 Å². The largest absolute Gasteiger partial charge is 0.456 e. The Kier molecular flexibility index (Phi) is 16.0. The molecule has 0 N–H and O–H groups in total. The van der Waals surface area contributed by atoms with E-state index in [-0.39, 0.29) is 0 Å². The molecule has 0 unspecified atom stereocenters. The molecule has 0 spiro atoms. The molecule has 0 saturated heterocycles. The van der Waals surface area contributed by atoms with Crippen LogP contribution in [0.3, 0.4) is 0 Å². The molecular weight excluding hydrogens is 1450 g/mol. The van der Waals surface area contributed by atoms with Gasteiger partial charge in [0.2, 0.25) is 0 Å². The molecule has 0 aliphatic carbocycles. The predicted molar refractivity (Wildman–Crippen MR) is 476 cm³/mol. The minimum Gasteiger partial charge on any atom is -0.456 e. The fourth-order valence-electron chi connectivity index (χ4n) is 16.7. The highest BCUT2D eigenvalue weighted by atomic mass is 16.3. The summed E-state index contributed by atoms with van der Waals surface area (Å²) in [7, 11) is 0. The summed E-state index contributed by atoms with van der Waals surface area (Å²) in [6.45, 7) is 0. The van der Waals surface area contributed by atoms with Crippen LogP contribution in [0.15, 0.2) is 401 Å². The monoisotopic (exact) mass is 1510 g/mol. The summed E-state index contributed by atoms with van der Waals surface area (Å²) in [5.74, 6) is 1.17. The number of fused-ring (bicyclic) bond motifs is 12. The highest BCUT2D eigenvalue weighted by Gasteiger charge is 2.22. The van der Waals surface area contributed by atoms with Gasteiger partial charge in [0.25, 0.3) is 0 Å². The molecule has 9 aromatic heterocycles. The Hall–Kier alpha value is -16.1. The Morgan fingerprint density at radius 3 is 0.780 bits per heavy atom. The van der Waals surface area contributed by atoms with E-state index in [4.69, 9.17) is 42.6 Å². The zero-order valence-corrected chi connectivity index (χ0v) is 63.1. The zero-order valence-electron chi connectivity index (χ0n) is 63.1. The Labute approximate surface area is 675 Å². The summed E-state index contributed by atoms with van der Waals surface area (Å²) in [6, 6.07) is 121. The van der Waals surface area contributed by atoms with E-state index in [9.17, 15) is 0 Å². The average molecular weight is 1510 g/mol. The number of hydrogen-bond donors (Lipinski definition) is 0. The van der Waals surface area contributed by atoms with Crippen molar-refractivity contribution >= 4 is 87.8 Å². The minimum absolute atomic E-state index is 0.581. The third-order valence-corrected chi connectivity index (χ3v) is 22.8.